The van der Waals surface area contributed by atoms with Gasteiger partial charge in [-0.1, -0.05) is 41.4 Å². The largest absolute Gasteiger partial charge is 0.486 e. The number of carbonyl (C=O) groups is 1. The second-order valence-corrected chi connectivity index (χ2v) is 7.35. The van der Waals surface area contributed by atoms with E-state index >= 15 is 0 Å². The normalized spacial score (nSPS) is 10.9. The lowest BCUT2D eigenvalue weighted by molar-refractivity contribution is 0.0955. The molecule has 3 rings (SSSR count). The molecule has 1 heterocycles. The highest BCUT2D eigenvalue weighted by atomic mass is 79.9. The van der Waals surface area contributed by atoms with E-state index < -0.39 is 5.91 Å². The molecular weight excluding hydrogens is 484 g/mol. The highest BCUT2D eigenvalue weighted by Gasteiger charge is 2.12. The van der Waals surface area contributed by atoms with Gasteiger partial charge in [-0.05, 0) is 51.8 Å². The van der Waals surface area contributed by atoms with E-state index in [0.29, 0.717) is 26.4 Å². The maximum Gasteiger partial charge on any atom is 0.274 e. The van der Waals surface area contributed by atoms with E-state index in [2.05, 4.69) is 31.4 Å². The van der Waals surface area contributed by atoms with Crippen LogP contribution in [0.1, 0.15) is 21.5 Å². The molecular formula is C20H13BrCl2FN3O2. The van der Waals surface area contributed by atoms with Crippen LogP contribution >= 0.6 is 39.1 Å². The Morgan fingerprint density at radius 1 is 1.24 bits per heavy atom. The van der Waals surface area contributed by atoms with Gasteiger partial charge < -0.3 is 4.74 Å². The van der Waals surface area contributed by atoms with Gasteiger partial charge in [0.25, 0.3) is 5.91 Å². The Balaban J connectivity index is 1.67. The zero-order valence-corrected chi connectivity index (χ0v) is 17.8. The number of hydrogen-bond donors (Lipinski definition) is 1. The third-order valence-corrected chi connectivity index (χ3v) is 4.90. The van der Waals surface area contributed by atoms with Crippen LogP contribution in [0.5, 0.6) is 5.75 Å². The Morgan fingerprint density at radius 3 is 2.76 bits per heavy atom. The van der Waals surface area contributed by atoms with Gasteiger partial charge in [-0.2, -0.15) is 5.10 Å². The van der Waals surface area contributed by atoms with Crippen molar-refractivity contribution in [1.29, 1.82) is 0 Å². The summed E-state index contributed by atoms with van der Waals surface area (Å²) in [4.78, 5) is 15.9. The summed E-state index contributed by atoms with van der Waals surface area (Å²) in [5.74, 6) is -0.472. The third kappa shape index (κ3) is 5.53. The molecule has 1 amide bonds. The molecule has 0 atom stereocenters. The fourth-order valence-corrected chi connectivity index (χ4v) is 3.53. The minimum Gasteiger partial charge on any atom is -0.486 e. The second-order valence-electron chi connectivity index (χ2n) is 5.73. The molecule has 2 aromatic carbocycles. The third-order valence-electron chi connectivity index (χ3n) is 3.73. The minimum absolute atomic E-state index is 0.0281. The number of hydrogen-bond acceptors (Lipinski definition) is 4. The average molecular weight is 497 g/mol. The van der Waals surface area contributed by atoms with Gasteiger partial charge >= 0.3 is 0 Å². The fraction of sp³-hybridized carbons (Fsp3) is 0.0500. The highest BCUT2D eigenvalue weighted by Crippen LogP contribution is 2.34. The molecule has 0 spiro atoms. The Labute approximate surface area is 184 Å². The van der Waals surface area contributed by atoms with Crippen molar-refractivity contribution in [2.24, 2.45) is 5.10 Å². The minimum atomic E-state index is -0.491. The zero-order valence-electron chi connectivity index (χ0n) is 14.7. The lowest BCUT2D eigenvalue weighted by Crippen LogP contribution is -2.18. The molecule has 1 aromatic heterocycles. The maximum atomic E-state index is 13.7. The number of nitrogens with zero attached hydrogens (tertiary/aromatic N) is 2. The monoisotopic (exact) mass is 495 g/mol. The molecule has 0 aliphatic rings. The summed E-state index contributed by atoms with van der Waals surface area (Å²) >= 11 is 15.5. The van der Waals surface area contributed by atoms with Crippen molar-refractivity contribution in [3.63, 3.8) is 0 Å². The van der Waals surface area contributed by atoms with E-state index in [1.54, 1.807) is 36.4 Å². The molecule has 0 saturated heterocycles. The van der Waals surface area contributed by atoms with Gasteiger partial charge in [-0.3, -0.25) is 4.79 Å². The quantitative estimate of drug-likeness (QED) is 0.273. The molecule has 3 aromatic rings. The van der Waals surface area contributed by atoms with Crippen LogP contribution in [0, 0.1) is 5.82 Å². The lowest BCUT2D eigenvalue weighted by Gasteiger charge is -2.11. The van der Waals surface area contributed by atoms with E-state index in [1.807, 2.05) is 0 Å². The number of nitrogens with one attached hydrogen (secondary N) is 1. The number of benzene rings is 2. The smallest absolute Gasteiger partial charge is 0.274 e. The number of halogens is 4. The first-order valence-corrected chi connectivity index (χ1v) is 9.80. The predicted octanol–water partition coefficient (Wildman–Crippen LogP) is 5.63. The number of pyridine rings is 1. The first kappa shape index (κ1) is 21.2. The molecule has 0 radical (unpaired) electrons. The van der Waals surface area contributed by atoms with Crippen molar-refractivity contribution < 1.29 is 13.9 Å². The van der Waals surface area contributed by atoms with Gasteiger partial charge in [0.05, 0.1) is 21.3 Å². The summed E-state index contributed by atoms with van der Waals surface area (Å²) in [5, 5.41) is 4.29. The van der Waals surface area contributed by atoms with Gasteiger partial charge in [0, 0.05) is 11.8 Å². The molecule has 148 valence electrons. The number of ether oxygens (including phenoxy) is 1. The van der Waals surface area contributed by atoms with Crippen LogP contribution in [0.25, 0.3) is 0 Å². The highest BCUT2D eigenvalue weighted by molar-refractivity contribution is 9.10. The number of aromatic nitrogens is 1. The number of amides is 1. The standard InChI is InChI=1S/C20H13BrCl2FN3O2/c21-15-8-12(10-26-27-20(28)14-5-3-7-25-19(14)23)9-16(22)18(15)29-11-13-4-1-2-6-17(13)24/h1-10H,11H2,(H,27,28). The van der Waals surface area contributed by atoms with E-state index in [4.69, 9.17) is 27.9 Å². The van der Waals surface area contributed by atoms with Crippen LogP contribution in [0.3, 0.4) is 0 Å². The lowest BCUT2D eigenvalue weighted by atomic mass is 10.2. The SMILES string of the molecule is O=C(NN=Cc1cc(Cl)c(OCc2ccccc2F)c(Br)c1)c1cccnc1Cl. The maximum absolute atomic E-state index is 13.7. The Bertz CT molecular complexity index is 1060. The van der Waals surface area contributed by atoms with Crippen LogP contribution in [0.2, 0.25) is 10.2 Å². The van der Waals surface area contributed by atoms with Crippen LogP contribution < -0.4 is 10.2 Å². The van der Waals surface area contributed by atoms with Crippen molar-refractivity contribution in [3.05, 3.63) is 91.9 Å². The molecule has 1 N–H and O–H groups in total. The second kappa shape index (κ2) is 9.82. The Kier molecular flexibility index (Phi) is 7.19. The molecule has 0 fully saturated rings. The fourth-order valence-electron chi connectivity index (χ4n) is 2.34. The van der Waals surface area contributed by atoms with Crippen LogP contribution in [-0.2, 0) is 6.61 Å². The van der Waals surface area contributed by atoms with Crippen LogP contribution in [0.15, 0.2) is 64.3 Å². The summed E-state index contributed by atoms with van der Waals surface area (Å²) in [6, 6.07) is 12.8. The van der Waals surface area contributed by atoms with Crippen molar-refractivity contribution in [2.75, 3.05) is 0 Å². The Morgan fingerprint density at radius 2 is 2.03 bits per heavy atom. The van der Waals surface area contributed by atoms with Crippen molar-refractivity contribution in [3.8, 4) is 5.75 Å². The van der Waals surface area contributed by atoms with Crippen molar-refractivity contribution in [1.82, 2.24) is 10.4 Å². The van der Waals surface area contributed by atoms with Crippen LogP contribution in [0.4, 0.5) is 4.39 Å². The summed E-state index contributed by atoms with van der Waals surface area (Å²) in [6.07, 6.45) is 2.90. The van der Waals surface area contributed by atoms with Gasteiger partial charge in [-0.15, -0.1) is 0 Å². The molecule has 9 heteroatoms. The van der Waals surface area contributed by atoms with E-state index in [-0.39, 0.29) is 23.1 Å². The van der Waals surface area contributed by atoms with Crippen molar-refractivity contribution in [2.45, 2.75) is 6.61 Å². The predicted molar refractivity (Wildman–Crippen MR) is 114 cm³/mol. The summed E-state index contributed by atoms with van der Waals surface area (Å²) in [7, 11) is 0. The van der Waals surface area contributed by atoms with E-state index in [9.17, 15) is 9.18 Å². The zero-order chi connectivity index (χ0) is 20.8. The molecule has 0 aliphatic carbocycles. The summed E-state index contributed by atoms with van der Waals surface area (Å²) in [6.45, 7) is 0.0281. The summed E-state index contributed by atoms with van der Waals surface area (Å²) < 4.78 is 19.9. The number of rotatable bonds is 6. The topological polar surface area (TPSA) is 63.6 Å². The first-order valence-electron chi connectivity index (χ1n) is 8.25. The van der Waals surface area contributed by atoms with Crippen LogP contribution in [-0.4, -0.2) is 17.1 Å². The summed E-state index contributed by atoms with van der Waals surface area (Å²) in [5.41, 5.74) is 3.60. The van der Waals surface area contributed by atoms with Gasteiger partial charge in [0.2, 0.25) is 0 Å². The first-order chi connectivity index (χ1) is 14.0. The molecule has 0 unspecified atom stereocenters. The van der Waals surface area contributed by atoms with Gasteiger partial charge in [-0.25, -0.2) is 14.8 Å². The van der Waals surface area contributed by atoms with E-state index in [1.165, 1.54) is 24.5 Å². The number of carbonyl (C=O) groups excluding carboxylic acids is 1. The molecule has 5 nitrogen and oxygen atoms in total. The molecule has 0 aliphatic heterocycles. The molecule has 0 bridgehead atoms. The average Bonchev–Trinajstić information content (AvgIpc) is 2.69. The van der Waals surface area contributed by atoms with E-state index in [0.717, 1.165) is 0 Å². The van der Waals surface area contributed by atoms with Gasteiger partial charge in [0.15, 0.2) is 5.75 Å². The van der Waals surface area contributed by atoms with Crippen molar-refractivity contribution >= 4 is 51.3 Å². The van der Waals surface area contributed by atoms with Gasteiger partial charge in [0.1, 0.15) is 17.6 Å². The molecule has 0 saturated carbocycles. The Hall–Kier alpha value is -2.48. The number of hydrazone groups is 1. The molecule has 29 heavy (non-hydrogen) atoms.